The Morgan fingerprint density at radius 3 is 3.05 bits per heavy atom. The SMILES string of the molecule is COC(=O)C[C@@H]1CCCCN1c1ncnc2cccc(C)c12. The Morgan fingerprint density at radius 1 is 1.36 bits per heavy atom. The van der Waals surface area contributed by atoms with E-state index in [1.54, 1.807) is 6.33 Å². The first-order chi connectivity index (χ1) is 10.7. The van der Waals surface area contributed by atoms with Gasteiger partial charge in [-0.3, -0.25) is 4.79 Å². The van der Waals surface area contributed by atoms with Crippen LogP contribution in [-0.4, -0.2) is 35.6 Å². The lowest BCUT2D eigenvalue weighted by atomic mass is 9.98. The molecule has 3 rings (SSSR count). The molecule has 2 aromatic rings. The Balaban J connectivity index is 2.02. The second-order valence-corrected chi connectivity index (χ2v) is 5.79. The fourth-order valence-electron chi connectivity index (χ4n) is 3.25. The van der Waals surface area contributed by atoms with Gasteiger partial charge in [0.25, 0.3) is 0 Å². The monoisotopic (exact) mass is 299 g/mol. The molecule has 0 spiro atoms. The highest BCUT2D eigenvalue weighted by atomic mass is 16.5. The maximum absolute atomic E-state index is 11.7. The van der Waals surface area contributed by atoms with E-state index in [1.807, 2.05) is 12.1 Å². The van der Waals surface area contributed by atoms with Crippen molar-refractivity contribution in [3.8, 4) is 0 Å². The van der Waals surface area contributed by atoms with Gasteiger partial charge in [0.2, 0.25) is 0 Å². The zero-order valence-electron chi connectivity index (χ0n) is 13.1. The molecule has 0 radical (unpaired) electrons. The van der Waals surface area contributed by atoms with Crippen molar-refractivity contribution in [1.29, 1.82) is 0 Å². The van der Waals surface area contributed by atoms with Crippen LogP contribution in [-0.2, 0) is 9.53 Å². The number of ether oxygens (including phenoxy) is 1. The lowest BCUT2D eigenvalue weighted by Crippen LogP contribution is -2.41. The third-order valence-corrected chi connectivity index (χ3v) is 4.38. The molecule has 0 amide bonds. The number of carbonyl (C=O) groups is 1. The molecule has 0 aliphatic carbocycles. The fraction of sp³-hybridized carbons (Fsp3) is 0.471. The third kappa shape index (κ3) is 2.75. The maximum Gasteiger partial charge on any atom is 0.307 e. The zero-order chi connectivity index (χ0) is 15.5. The molecular weight excluding hydrogens is 278 g/mol. The number of nitrogens with zero attached hydrogens (tertiary/aromatic N) is 3. The first-order valence-corrected chi connectivity index (χ1v) is 7.74. The summed E-state index contributed by atoms with van der Waals surface area (Å²) in [6.45, 7) is 3.00. The molecule has 1 aromatic heterocycles. The Bertz CT molecular complexity index is 681. The van der Waals surface area contributed by atoms with Crippen molar-refractivity contribution in [1.82, 2.24) is 9.97 Å². The summed E-state index contributed by atoms with van der Waals surface area (Å²) in [5, 5.41) is 1.08. The molecule has 1 aromatic carbocycles. The largest absolute Gasteiger partial charge is 0.469 e. The van der Waals surface area contributed by atoms with Gasteiger partial charge in [0.15, 0.2) is 0 Å². The minimum absolute atomic E-state index is 0.152. The summed E-state index contributed by atoms with van der Waals surface area (Å²) >= 11 is 0. The number of benzene rings is 1. The minimum atomic E-state index is -0.160. The average molecular weight is 299 g/mol. The van der Waals surface area contributed by atoms with Gasteiger partial charge in [-0.05, 0) is 37.8 Å². The van der Waals surface area contributed by atoms with Gasteiger partial charge in [-0.25, -0.2) is 9.97 Å². The number of anilines is 1. The summed E-state index contributed by atoms with van der Waals surface area (Å²) in [6.07, 6.45) is 5.27. The molecule has 1 saturated heterocycles. The molecule has 5 heteroatoms. The van der Waals surface area contributed by atoms with Gasteiger partial charge in [0, 0.05) is 18.0 Å². The van der Waals surface area contributed by atoms with Gasteiger partial charge in [0.05, 0.1) is 19.0 Å². The van der Waals surface area contributed by atoms with Crippen LogP contribution in [0.5, 0.6) is 0 Å². The average Bonchev–Trinajstić information content (AvgIpc) is 2.55. The van der Waals surface area contributed by atoms with Crippen LogP contribution >= 0.6 is 0 Å². The van der Waals surface area contributed by atoms with Crippen LogP contribution in [0.15, 0.2) is 24.5 Å². The van der Waals surface area contributed by atoms with Crippen LogP contribution in [0.1, 0.15) is 31.2 Å². The summed E-state index contributed by atoms with van der Waals surface area (Å²) in [6, 6.07) is 6.25. The number of carbonyl (C=O) groups excluding carboxylic acids is 1. The predicted octanol–water partition coefficient (Wildman–Crippen LogP) is 2.86. The smallest absolute Gasteiger partial charge is 0.307 e. The number of aromatic nitrogens is 2. The van der Waals surface area contributed by atoms with Gasteiger partial charge in [0.1, 0.15) is 12.1 Å². The van der Waals surface area contributed by atoms with Gasteiger partial charge in [-0.15, -0.1) is 0 Å². The number of rotatable bonds is 3. The number of hydrogen-bond donors (Lipinski definition) is 0. The molecule has 1 fully saturated rings. The van der Waals surface area contributed by atoms with E-state index < -0.39 is 0 Å². The quantitative estimate of drug-likeness (QED) is 0.816. The molecule has 0 saturated carbocycles. The molecule has 1 aliphatic heterocycles. The van der Waals surface area contributed by atoms with E-state index >= 15 is 0 Å². The predicted molar refractivity (Wildman–Crippen MR) is 85.9 cm³/mol. The second kappa shape index (κ2) is 6.30. The van der Waals surface area contributed by atoms with Crippen LogP contribution in [0.4, 0.5) is 5.82 Å². The molecule has 0 unspecified atom stereocenters. The van der Waals surface area contributed by atoms with Gasteiger partial charge < -0.3 is 9.64 Å². The van der Waals surface area contributed by atoms with Crippen LogP contribution in [0.25, 0.3) is 10.9 Å². The van der Waals surface area contributed by atoms with Crippen molar-refractivity contribution < 1.29 is 9.53 Å². The van der Waals surface area contributed by atoms with Crippen molar-refractivity contribution >= 4 is 22.7 Å². The first kappa shape index (κ1) is 14.8. The Morgan fingerprint density at radius 2 is 2.23 bits per heavy atom. The lowest BCUT2D eigenvalue weighted by Gasteiger charge is -2.36. The lowest BCUT2D eigenvalue weighted by molar-refractivity contribution is -0.141. The normalized spacial score (nSPS) is 18.5. The van der Waals surface area contributed by atoms with E-state index in [1.165, 1.54) is 7.11 Å². The molecule has 1 aliphatic rings. The highest BCUT2D eigenvalue weighted by Crippen LogP contribution is 2.31. The number of esters is 1. The van der Waals surface area contributed by atoms with Gasteiger partial charge in [-0.1, -0.05) is 12.1 Å². The summed E-state index contributed by atoms with van der Waals surface area (Å²) in [5.41, 5.74) is 2.11. The highest BCUT2D eigenvalue weighted by molar-refractivity contribution is 5.92. The zero-order valence-corrected chi connectivity index (χ0v) is 13.1. The van der Waals surface area contributed by atoms with Crippen LogP contribution in [0.2, 0.25) is 0 Å². The molecule has 2 heterocycles. The number of piperidine rings is 1. The number of aryl methyl sites for hydroxylation is 1. The van der Waals surface area contributed by atoms with Crippen molar-refractivity contribution in [2.75, 3.05) is 18.6 Å². The van der Waals surface area contributed by atoms with E-state index in [-0.39, 0.29) is 12.0 Å². The molecule has 0 bridgehead atoms. The maximum atomic E-state index is 11.7. The first-order valence-electron chi connectivity index (χ1n) is 7.74. The number of methoxy groups -OCH3 is 1. The van der Waals surface area contributed by atoms with Crippen molar-refractivity contribution in [2.45, 2.75) is 38.6 Å². The van der Waals surface area contributed by atoms with E-state index in [9.17, 15) is 4.79 Å². The second-order valence-electron chi connectivity index (χ2n) is 5.79. The number of hydrogen-bond acceptors (Lipinski definition) is 5. The van der Waals surface area contributed by atoms with Gasteiger partial charge >= 0.3 is 5.97 Å². The highest BCUT2D eigenvalue weighted by Gasteiger charge is 2.27. The van der Waals surface area contributed by atoms with Crippen molar-refractivity contribution in [3.05, 3.63) is 30.1 Å². The Kier molecular flexibility index (Phi) is 4.22. The molecule has 5 nitrogen and oxygen atoms in total. The van der Waals surface area contributed by atoms with E-state index in [0.29, 0.717) is 6.42 Å². The third-order valence-electron chi connectivity index (χ3n) is 4.38. The van der Waals surface area contributed by atoms with E-state index in [4.69, 9.17) is 4.74 Å². The summed E-state index contributed by atoms with van der Waals surface area (Å²) in [4.78, 5) is 22.9. The fourth-order valence-corrected chi connectivity index (χ4v) is 3.25. The summed E-state index contributed by atoms with van der Waals surface area (Å²) in [5.74, 6) is 0.781. The molecule has 22 heavy (non-hydrogen) atoms. The Hall–Kier alpha value is -2.17. The molecule has 0 N–H and O–H groups in total. The topological polar surface area (TPSA) is 55.3 Å². The summed E-state index contributed by atoms with van der Waals surface area (Å²) < 4.78 is 4.85. The minimum Gasteiger partial charge on any atom is -0.469 e. The van der Waals surface area contributed by atoms with Gasteiger partial charge in [-0.2, -0.15) is 0 Å². The molecule has 1 atom stereocenters. The van der Waals surface area contributed by atoms with Crippen molar-refractivity contribution in [3.63, 3.8) is 0 Å². The van der Waals surface area contributed by atoms with Crippen LogP contribution < -0.4 is 4.90 Å². The number of fused-ring (bicyclic) bond motifs is 1. The van der Waals surface area contributed by atoms with Crippen LogP contribution in [0.3, 0.4) is 0 Å². The Labute approximate surface area is 130 Å². The summed E-state index contributed by atoms with van der Waals surface area (Å²) in [7, 11) is 1.44. The molecular formula is C17H21N3O2. The standard InChI is InChI=1S/C17H21N3O2/c1-12-6-5-8-14-16(12)17(19-11-18-14)20-9-4-3-7-13(20)10-15(21)22-2/h5-6,8,11,13H,3-4,7,9-10H2,1-2H3/t13-/m0/s1. The van der Waals surface area contributed by atoms with Crippen LogP contribution in [0, 0.1) is 6.92 Å². The van der Waals surface area contributed by atoms with E-state index in [2.05, 4.69) is 27.9 Å². The van der Waals surface area contributed by atoms with E-state index in [0.717, 1.165) is 48.1 Å². The molecule has 116 valence electrons. The van der Waals surface area contributed by atoms with Crippen molar-refractivity contribution in [2.24, 2.45) is 0 Å².